The standard InChI is InChI=1S/C14H22N4O2/c1-14(2,10-19)9-18-13(11-4-7-20-8-5-11)12(3-6-15)16-17-18/h11,19H,3-5,7-10H2,1-2H3. The van der Waals surface area contributed by atoms with E-state index in [1.165, 1.54) is 0 Å². The first-order valence-corrected chi connectivity index (χ1v) is 7.05. The van der Waals surface area contributed by atoms with Crippen LogP contribution in [-0.4, -0.2) is 39.9 Å². The van der Waals surface area contributed by atoms with Gasteiger partial charge in [0.2, 0.25) is 0 Å². The largest absolute Gasteiger partial charge is 0.396 e. The van der Waals surface area contributed by atoms with Gasteiger partial charge in [-0.15, -0.1) is 5.10 Å². The van der Waals surface area contributed by atoms with Crippen LogP contribution in [-0.2, 0) is 17.7 Å². The van der Waals surface area contributed by atoms with Crippen LogP contribution in [0.1, 0.15) is 44.0 Å². The molecule has 0 bridgehead atoms. The van der Waals surface area contributed by atoms with E-state index in [-0.39, 0.29) is 18.4 Å². The second kappa shape index (κ2) is 6.33. The fraction of sp³-hybridized carbons (Fsp3) is 0.786. The second-order valence-electron chi connectivity index (χ2n) is 6.12. The molecule has 0 radical (unpaired) electrons. The molecule has 1 aliphatic heterocycles. The van der Waals surface area contributed by atoms with Crippen molar-refractivity contribution in [2.45, 2.75) is 45.6 Å². The van der Waals surface area contributed by atoms with Gasteiger partial charge in [-0.25, -0.2) is 4.68 Å². The predicted molar refractivity (Wildman–Crippen MR) is 73.0 cm³/mol. The van der Waals surface area contributed by atoms with Crippen molar-refractivity contribution in [2.75, 3.05) is 19.8 Å². The summed E-state index contributed by atoms with van der Waals surface area (Å²) in [6.07, 6.45) is 2.16. The number of rotatable bonds is 5. The summed E-state index contributed by atoms with van der Waals surface area (Å²) in [5.41, 5.74) is 1.57. The number of nitrogens with zero attached hydrogens (tertiary/aromatic N) is 4. The number of hydrogen-bond acceptors (Lipinski definition) is 5. The molecule has 1 fully saturated rings. The van der Waals surface area contributed by atoms with Crippen molar-refractivity contribution in [3.8, 4) is 6.07 Å². The van der Waals surface area contributed by atoms with Crippen molar-refractivity contribution < 1.29 is 9.84 Å². The summed E-state index contributed by atoms with van der Waals surface area (Å²) in [5, 5.41) is 26.7. The van der Waals surface area contributed by atoms with Crippen LogP contribution in [0.15, 0.2) is 0 Å². The van der Waals surface area contributed by atoms with E-state index >= 15 is 0 Å². The Hall–Kier alpha value is -1.45. The van der Waals surface area contributed by atoms with Crippen LogP contribution in [0, 0.1) is 16.7 Å². The van der Waals surface area contributed by atoms with Gasteiger partial charge in [-0.3, -0.25) is 0 Å². The molecule has 0 atom stereocenters. The average Bonchev–Trinajstić information content (AvgIpc) is 2.82. The molecule has 1 aliphatic rings. The number of aliphatic hydroxyl groups excluding tert-OH is 1. The Balaban J connectivity index is 2.29. The van der Waals surface area contributed by atoms with E-state index in [2.05, 4.69) is 16.4 Å². The number of aromatic nitrogens is 3. The molecular weight excluding hydrogens is 256 g/mol. The Morgan fingerprint density at radius 2 is 2.15 bits per heavy atom. The van der Waals surface area contributed by atoms with Gasteiger partial charge in [0.1, 0.15) is 5.69 Å². The normalized spacial score (nSPS) is 17.1. The lowest BCUT2D eigenvalue weighted by Gasteiger charge is -2.26. The van der Waals surface area contributed by atoms with Crippen molar-refractivity contribution in [1.29, 1.82) is 5.26 Å². The maximum Gasteiger partial charge on any atom is 0.100 e. The monoisotopic (exact) mass is 278 g/mol. The lowest BCUT2D eigenvalue weighted by Crippen LogP contribution is -2.27. The van der Waals surface area contributed by atoms with Gasteiger partial charge in [-0.05, 0) is 12.8 Å². The molecule has 1 aromatic heterocycles. The summed E-state index contributed by atoms with van der Waals surface area (Å²) >= 11 is 0. The zero-order valence-corrected chi connectivity index (χ0v) is 12.2. The minimum atomic E-state index is -0.252. The third kappa shape index (κ3) is 3.35. The molecule has 0 saturated carbocycles. The zero-order valence-electron chi connectivity index (χ0n) is 12.2. The van der Waals surface area contributed by atoms with Gasteiger partial charge in [0, 0.05) is 31.2 Å². The summed E-state index contributed by atoms with van der Waals surface area (Å²) in [5.74, 6) is 0.344. The van der Waals surface area contributed by atoms with Crippen LogP contribution in [0.4, 0.5) is 0 Å². The predicted octanol–water partition coefficient (Wildman–Crippen LogP) is 1.26. The fourth-order valence-corrected chi connectivity index (χ4v) is 2.55. The first-order chi connectivity index (χ1) is 9.57. The number of ether oxygens (including phenoxy) is 1. The van der Waals surface area contributed by atoms with Crippen molar-refractivity contribution >= 4 is 0 Å². The molecule has 1 N–H and O–H groups in total. The topological polar surface area (TPSA) is 84.0 Å². The summed E-state index contributed by atoms with van der Waals surface area (Å²) in [6.45, 7) is 6.16. The summed E-state index contributed by atoms with van der Waals surface area (Å²) in [6, 6.07) is 2.16. The molecule has 2 rings (SSSR count). The van der Waals surface area contributed by atoms with Gasteiger partial charge in [0.15, 0.2) is 0 Å². The van der Waals surface area contributed by atoms with E-state index in [1.54, 1.807) is 0 Å². The van der Waals surface area contributed by atoms with Crippen molar-refractivity contribution in [1.82, 2.24) is 15.0 Å². The first-order valence-electron chi connectivity index (χ1n) is 7.05. The molecule has 0 aliphatic carbocycles. The fourth-order valence-electron chi connectivity index (χ4n) is 2.55. The maximum atomic E-state index is 9.43. The molecule has 6 heteroatoms. The molecule has 0 spiro atoms. The van der Waals surface area contributed by atoms with E-state index in [1.807, 2.05) is 18.5 Å². The van der Waals surface area contributed by atoms with Gasteiger partial charge in [0.25, 0.3) is 0 Å². The Morgan fingerprint density at radius 3 is 2.75 bits per heavy atom. The summed E-state index contributed by atoms with van der Waals surface area (Å²) in [7, 11) is 0. The molecule has 20 heavy (non-hydrogen) atoms. The highest BCUT2D eigenvalue weighted by Gasteiger charge is 2.27. The van der Waals surface area contributed by atoms with Gasteiger partial charge in [0.05, 0.1) is 24.7 Å². The van der Waals surface area contributed by atoms with Crippen LogP contribution >= 0.6 is 0 Å². The Morgan fingerprint density at radius 1 is 1.45 bits per heavy atom. The molecule has 0 amide bonds. The van der Waals surface area contributed by atoms with Crippen LogP contribution in [0.5, 0.6) is 0 Å². The van der Waals surface area contributed by atoms with E-state index < -0.39 is 0 Å². The molecule has 1 aromatic rings. The van der Waals surface area contributed by atoms with Crippen molar-refractivity contribution in [2.24, 2.45) is 5.41 Å². The highest BCUT2D eigenvalue weighted by molar-refractivity contribution is 5.19. The van der Waals surface area contributed by atoms with E-state index in [0.717, 1.165) is 37.4 Å². The van der Waals surface area contributed by atoms with E-state index in [4.69, 9.17) is 10.00 Å². The quantitative estimate of drug-likeness (QED) is 0.876. The minimum absolute atomic E-state index is 0.0909. The van der Waals surface area contributed by atoms with E-state index in [9.17, 15) is 5.11 Å². The van der Waals surface area contributed by atoms with Crippen LogP contribution in [0.2, 0.25) is 0 Å². The smallest absolute Gasteiger partial charge is 0.100 e. The number of aliphatic hydroxyl groups is 1. The molecule has 0 unspecified atom stereocenters. The molecular formula is C14H22N4O2. The Labute approximate surface area is 119 Å². The maximum absolute atomic E-state index is 9.43. The van der Waals surface area contributed by atoms with Crippen LogP contribution in [0.25, 0.3) is 0 Å². The van der Waals surface area contributed by atoms with Crippen LogP contribution < -0.4 is 0 Å². The third-order valence-corrected chi connectivity index (χ3v) is 3.71. The van der Waals surface area contributed by atoms with Crippen LogP contribution in [0.3, 0.4) is 0 Å². The molecule has 6 nitrogen and oxygen atoms in total. The molecule has 110 valence electrons. The van der Waals surface area contributed by atoms with Crippen molar-refractivity contribution in [3.63, 3.8) is 0 Å². The van der Waals surface area contributed by atoms with Crippen molar-refractivity contribution in [3.05, 3.63) is 11.4 Å². The molecule has 1 saturated heterocycles. The van der Waals surface area contributed by atoms with Gasteiger partial charge < -0.3 is 9.84 Å². The Kier molecular flexibility index (Phi) is 4.73. The third-order valence-electron chi connectivity index (χ3n) is 3.71. The highest BCUT2D eigenvalue weighted by Crippen LogP contribution is 2.30. The van der Waals surface area contributed by atoms with Gasteiger partial charge in [-0.1, -0.05) is 19.1 Å². The minimum Gasteiger partial charge on any atom is -0.396 e. The summed E-state index contributed by atoms with van der Waals surface area (Å²) < 4.78 is 7.28. The number of nitriles is 1. The van der Waals surface area contributed by atoms with Gasteiger partial charge in [-0.2, -0.15) is 5.26 Å². The van der Waals surface area contributed by atoms with E-state index in [0.29, 0.717) is 12.5 Å². The van der Waals surface area contributed by atoms with Gasteiger partial charge >= 0.3 is 0 Å². The first kappa shape index (κ1) is 14.9. The summed E-state index contributed by atoms with van der Waals surface area (Å²) in [4.78, 5) is 0. The SMILES string of the molecule is CC(C)(CO)Cn1nnc(CC#N)c1C1CCOCC1. The molecule has 2 heterocycles. The number of hydrogen-bond donors (Lipinski definition) is 1. The Bertz CT molecular complexity index is 484. The average molecular weight is 278 g/mol. The zero-order chi connectivity index (χ0) is 14.6. The lowest BCUT2D eigenvalue weighted by atomic mass is 9.91. The second-order valence-corrected chi connectivity index (χ2v) is 6.12. The lowest BCUT2D eigenvalue weighted by molar-refractivity contribution is 0.0815. The highest BCUT2D eigenvalue weighted by atomic mass is 16.5. The molecule has 0 aromatic carbocycles.